The van der Waals surface area contributed by atoms with Gasteiger partial charge in [-0.3, -0.25) is 9.59 Å². The van der Waals surface area contributed by atoms with E-state index in [-0.39, 0.29) is 44.7 Å². The minimum atomic E-state index is -1.11. The molecule has 0 bridgehead atoms. The topological polar surface area (TPSA) is 138 Å². The van der Waals surface area contributed by atoms with Crippen molar-refractivity contribution in [2.75, 3.05) is 34.0 Å². The number of hydrogen-bond acceptors (Lipinski definition) is 8. The van der Waals surface area contributed by atoms with Crippen LogP contribution in [-0.4, -0.2) is 90.3 Å². The van der Waals surface area contributed by atoms with Crippen molar-refractivity contribution in [2.45, 2.75) is 81.8 Å². The van der Waals surface area contributed by atoms with Gasteiger partial charge in [-0.25, -0.2) is 0 Å². The Bertz CT molecular complexity index is 1020. The summed E-state index contributed by atoms with van der Waals surface area (Å²) in [6.45, 7) is -0.134. The third-order valence-corrected chi connectivity index (χ3v) is 7.84. The molecule has 1 aliphatic heterocycles. The Morgan fingerprint density at radius 1 is 1.13 bits per heavy atom. The summed E-state index contributed by atoms with van der Waals surface area (Å²) in [4.78, 5) is 28.8. The van der Waals surface area contributed by atoms with Crippen LogP contribution in [0.4, 0.5) is 0 Å². The molecule has 2 aliphatic carbocycles. The number of aliphatic hydroxyl groups excluding tert-OH is 3. The zero-order valence-corrected chi connectivity index (χ0v) is 22.2. The van der Waals surface area contributed by atoms with Crippen molar-refractivity contribution in [1.82, 2.24) is 10.2 Å². The van der Waals surface area contributed by atoms with Crippen LogP contribution in [0.5, 0.6) is 11.5 Å². The third-order valence-electron chi connectivity index (χ3n) is 7.84. The van der Waals surface area contributed by atoms with Crippen LogP contribution in [0, 0.1) is 0 Å². The highest BCUT2D eigenvalue weighted by atomic mass is 16.5. The predicted molar refractivity (Wildman–Crippen MR) is 139 cm³/mol. The number of benzene rings is 1. The minimum absolute atomic E-state index is 0.0631. The lowest BCUT2D eigenvalue weighted by atomic mass is 9.76. The van der Waals surface area contributed by atoms with E-state index in [0.717, 1.165) is 38.5 Å². The molecule has 10 heteroatoms. The van der Waals surface area contributed by atoms with Crippen LogP contribution in [0.1, 0.15) is 62.0 Å². The Balaban J connectivity index is 1.80. The lowest BCUT2D eigenvalue weighted by Gasteiger charge is -2.44. The summed E-state index contributed by atoms with van der Waals surface area (Å²) in [5.41, 5.74) is 1.58. The molecule has 4 N–H and O–H groups in total. The van der Waals surface area contributed by atoms with Gasteiger partial charge in [0, 0.05) is 30.8 Å². The van der Waals surface area contributed by atoms with E-state index in [1.807, 2.05) is 0 Å². The molecule has 1 heterocycles. The van der Waals surface area contributed by atoms with Gasteiger partial charge in [0.2, 0.25) is 11.8 Å². The second kappa shape index (κ2) is 12.9. The molecule has 38 heavy (non-hydrogen) atoms. The summed E-state index contributed by atoms with van der Waals surface area (Å²) in [5.74, 6) is -0.367. The number of ether oxygens (including phenoxy) is 3. The molecule has 1 fully saturated rings. The van der Waals surface area contributed by atoms with E-state index in [9.17, 15) is 24.9 Å². The van der Waals surface area contributed by atoms with Crippen LogP contribution >= 0.6 is 0 Å². The molecule has 1 aromatic carbocycles. The number of methoxy groups -OCH3 is 2. The van der Waals surface area contributed by atoms with Crippen molar-refractivity contribution >= 4 is 11.8 Å². The quantitative estimate of drug-likeness (QED) is 0.332. The van der Waals surface area contributed by atoms with Gasteiger partial charge in [-0.15, -0.1) is 0 Å². The molecular weight excluding hydrogens is 492 g/mol. The number of aliphatic hydroxyl groups is 3. The summed E-state index contributed by atoms with van der Waals surface area (Å²) in [5, 5.41) is 33.6. The number of nitrogens with one attached hydrogen (secondary N) is 1. The van der Waals surface area contributed by atoms with Crippen molar-refractivity contribution in [3.63, 3.8) is 0 Å². The van der Waals surface area contributed by atoms with Crippen molar-refractivity contribution in [2.24, 2.45) is 0 Å². The van der Waals surface area contributed by atoms with Crippen LogP contribution in [0.3, 0.4) is 0 Å². The maximum absolute atomic E-state index is 13.6. The van der Waals surface area contributed by atoms with Crippen molar-refractivity contribution in [1.29, 1.82) is 0 Å². The monoisotopic (exact) mass is 532 g/mol. The van der Waals surface area contributed by atoms with E-state index in [0.29, 0.717) is 28.2 Å². The Hall–Kier alpha value is -2.66. The molecule has 4 rings (SSSR count). The van der Waals surface area contributed by atoms with Gasteiger partial charge in [-0.05, 0) is 36.6 Å². The first kappa shape index (κ1) is 28.4. The van der Waals surface area contributed by atoms with E-state index in [1.165, 1.54) is 7.11 Å². The summed E-state index contributed by atoms with van der Waals surface area (Å²) < 4.78 is 17.0. The molecule has 4 atom stereocenters. The first-order chi connectivity index (χ1) is 18.4. The highest BCUT2D eigenvalue weighted by molar-refractivity contribution is 5.96. The van der Waals surface area contributed by atoms with Crippen molar-refractivity contribution in [3.05, 3.63) is 34.9 Å². The SMILES string of the molecule is COCCC(=O)N(C1CCCCCC1)C1C=C(C(=O)NCCO)C2c3cc(CO)cc(OC)c3OC2C1O. The van der Waals surface area contributed by atoms with E-state index < -0.39 is 30.1 Å². The maximum atomic E-state index is 13.6. The fourth-order valence-electron chi connectivity index (χ4n) is 6.06. The summed E-state index contributed by atoms with van der Waals surface area (Å²) in [6, 6.07) is 2.57. The Kier molecular flexibility index (Phi) is 9.64. The summed E-state index contributed by atoms with van der Waals surface area (Å²) in [7, 11) is 3.04. The van der Waals surface area contributed by atoms with Crippen LogP contribution in [0.25, 0.3) is 0 Å². The number of nitrogens with zero attached hydrogens (tertiary/aromatic N) is 1. The largest absolute Gasteiger partial charge is 0.493 e. The van der Waals surface area contributed by atoms with Crippen molar-refractivity contribution < 1.29 is 39.1 Å². The molecule has 1 aromatic rings. The molecule has 0 aromatic heterocycles. The Morgan fingerprint density at radius 2 is 1.87 bits per heavy atom. The second-order valence-corrected chi connectivity index (χ2v) is 10.2. The summed E-state index contributed by atoms with van der Waals surface area (Å²) >= 11 is 0. The lowest BCUT2D eigenvalue weighted by molar-refractivity contribution is -0.141. The molecule has 210 valence electrons. The fourth-order valence-corrected chi connectivity index (χ4v) is 6.06. The average Bonchev–Trinajstić information content (AvgIpc) is 3.11. The summed E-state index contributed by atoms with van der Waals surface area (Å²) in [6.07, 6.45) is 5.74. The van der Waals surface area contributed by atoms with Gasteiger partial charge in [-0.1, -0.05) is 25.7 Å². The van der Waals surface area contributed by atoms with Gasteiger partial charge in [0.15, 0.2) is 11.5 Å². The molecule has 2 amide bonds. The highest BCUT2D eigenvalue weighted by Crippen LogP contribution is 2.51. The van der Waals surface area contributed by atoms with Crippen LogP contribution in [-0.2, 0) is 20.9 Å². The van der Waals surface area contributed by atoms with Gasteiger partial charge in [0.25, 0.3) is 0 Å². The zero-order valence-electron chi connectivity index (χ0n) is 22.2. The van der Waals surface area contributed by atoms with Crippen LogP contribution in [0.2, 0.25) is 0 Å². The highest BCUT2D eigenvalue weighted by Gasteiger charge is 2.52. The zero-order chi connectivity index (χ0) is 27.2. The molecule has 3 aliphatic rings. The smallest absolute Gasteiger partial charge is 0.247 e. The van der Waals surface area contributed by atoms with E-state index in [4.69, 9.17) is 14.2 Å². The number of rotatable bonds is 10. The predicted octanol–water partition coefficient (Wildman–Crippen LogP) is 1.40. The lowest BCUT2D eigenvalue weighted by Crippen LogP contribution is -2.58. The number of hydrogen-bond donors (Lipinski definition) is 4. The van der Waals surface area contributed by atoms with Crippen LogP contribution < -0.4 is 14.8 Å². The molecule has 0 radical (unpaired) electrons. The molecule has 4 unspecified atom stereocenters. The second-order valence-electron chi connectivity index (χ2n) is 10.2. The van der Waals surface area contributed by atoms with E-state index >= 15 is 0 Å². The van der Waals surface area contributed by atoms with Gasteiger partial charge >= 0.3 is 0 Å². The number of carbonyl (C=O) groups is 2. The number of amides is 2. The first-order valence-corrected chi connectivity index (χ1v) is 13.5. The standard InChI is InChI=1S/C28H40N2O8/c1-36-12-9-23(33)30(18-7-5-3-4-6-8-18)21-15-20(28(35)29-10-11-31)24-19-13-17(16-32)14-22(37-2)26(19)38-27(24)25(21)34/h13-15,18,21,24-25,27,31-32,34H,3-12,16H2,1-2H3,(H,29,35). The maximum Gasteiger partial charge on any atom is 0.247 e. The first-order valence-electron chi connectivity index (χ1n) is 13.5. The Morgan fingerprint density at radius 3 is 2.50 bits per heavy atom. The fraction of sp³-hybridized carbons (Fsp3) is 0.643. The third kappa shape index (κ3) is 5.68. The Labute approximate surface area is 223 Å². The molecule has 10 nitrogen and oxygen atoms in total. The molecule has 0 saturated heterocycles. The molecule has 0 spiro atoms. The van der Waals surface area contributed by atoms with Gasteiger partial charge < -0.3 is 39.7 Å². The number of carbonyl (C=O) groups excluding carboxylic acids is 2. The number of fused-ring (bicyclic) bond motifs is 3. The van der Waals surface area contributed by atoms with E-state index in [2.05, 4.69) is 5.32 Å². The van der Waals surface area contributed by atoms with Gasteiger partial charge in [-0.2, -0.15) is 0 Å². The average molecular weight is 533 g/mol. The van der Waals surface area contributed by atoms with Gasteiger partial charge in [0.1, 0.15) is 12.2 Å². The normalized spacial score (nSPS) is 24.9. The van der Waals surface area contributed by atoms with Crippen molar-refractivity contribution in [3.8, 4) is 11.5 Å². The molecule has 1 saturated carbocycles. The van der Waals surface area contributed by atoms with E-state index in [1.54, 1.807) is 30.2 Å². The molecular formula is C28H40N2O8. The minimum Gasteiger partial charge on any atom is -0.493 e. The van der Waals surface area contributed by atoms with Gasteiger partial charge in [0.05, 0.1) is 45.3 Å². The van der Waals surface area contributed by atoms with Crippen LogP contribution in [0.15, 0.2) is 23.8 Å².